The Morgan fingerprint density at radius 1 is 1.11 bits per heavy atom. The van der Waals surface area contributed by atoms with Crippen molar-refractivity contribution in [3.63, 3.8) is 0 Å². The number of rotatable bonds is 4. The number of halogens is 1. The highest BCUT2D eigenvalue weighted by atomic mass is 19.1. The van der Waals surface area contributed by atoms with E-state index in [1.165, 1.54) is 24.3 Å². The summed E-state index contributed by atoms with van der Waals surface area (Å²) in [4.78, 5) is 11.6. The second kappa shape index (κ2) is 5.97. The molecule has 1 atom stereocenters. The Morgan fingerprint density at radius 2 is 1.74 bits per heavy atom. The second-order valence-corrected chi connectivity index (χ2v) is 3.84. The lowest BCUT2D eigenvalue weighted by Crippen LogP contribution is -2.29. The SMILES string of the molecule is O=C(NO)C(Oc1ccc(F)cc1)c1ccccc1. The predicted molar refractivity (Wildman–Crippen MR) is 66.1 cm³/mol. The van der Waals surface area contributed by atoms with Crippen molar-refractivity contribution in [2.75, 3.05) is 0 Å². The van der Waals surface area contributed by atoms with E-state index in [9.17, 15) is 9.18 Å². The fraction of sp³-hybridized carbons (Fsp3) is 0.0714. The molecule has 5 heteroatoms. The number of nitrogens with one attached hydrogen (secondary N) is 1. The van der Waals surface area contributed by atoms with Gasteiger partial charge in [0.15, 0.2) is 0 Å². The van der Waals surface area contributed by atoms with Crippen LogP contribution in [0.25, 0.3) is 0 Å². The minimum absolute atomic E-state index is 0.332. The first-order valence-electron chi connectivity index (χ1n) is 5.62. The summed E-state index contributed by atoms with van der Waals surface area (Å²) in [5, 5.41) is 8.75. The Balaban J connectivity index is 2.24. The lowest BCUT2D eigenvalue weighted by atomic mass is 10.1. The molecule has 98 valence electrons. The molecule has 2 rings (SSSR count). The number of ether oxygens (including phenoxy) is 1. The third kappa shape index (κ3) is 3.29. The van der Waals surface area contributed by atoms with Crippen molar-refractivity contribution in [2.45, 2.75) is 6.10 Å². The quantitative estimate of drug-likeness (QED) is 0.656. The lowest BCUT2D eigenvalue weighted by Gasteiger charge is -2.17. The molecule has 0 bridgehead atoms. The fourth-order valence-electron chi connectivity index (χ4n) is 1.61. The maximum atomic E-state index is 12.8. The van der Waals surface area contributed by atoms with Crippen LogP contribution in [0, 0.1) is 5.82 Å². The lowest BCUT2D eigenvalue weighted by molar-refractivity contribution is -0.136. The van der Waals surface area contributed by atoms with Gasteiger partial charge in [-0.25, -0.2) is 9.87 Å². The summed E-state index contributed by atoms with van der Waals surface area (Å²) in [5.41, 5.74) is 2.14. The van der Waals surface area contributed by atoms with Crippen LogP contribution < -0.4 is 10.2 Å². The van der Waals surface area contributed by atoms with Crippen LogP contribution in [0.5, 0.6) is 5.75 Å². The molecule has 0 radical (unpaired) electrons. The van der Waals surface area contributed by atoms with E-state index in [1.807, 2.05) is 0 Å². The Morgan fingerprint density at radius 3 is 2.32 bits per heavy atom. The van der Waals surface area contributed by atoms with Gasteiger partial charge in [0.25, 0.3) is 5.91 Å². The Labute approximate surface area is 109 Å². The Hall–Kier alpha value is -2.40. The van der Waals surface area contributed by atoms with Gasteiger partial charge in [0.2, 0.25) is 6.10 Å². The summed E-state index contributed by atoms with van der Waals surface area (Å²) in [6.45, 7) is 0. The van der Waals surface area contributed by atoms with Crippen LogP contribution >= 0.6 is 0 Å². The molecule has 0 aromatic heterocycles. The number of amides is 1. The summed E-state index contributed by atoms with van der Waals surface area (Å²) in [7, 11) is 0. The molecule has 0 fully saturated rings. The normalized spacial score (nSPS) is 11.7. The van der Waals surface area contributed by atoms with Crippen LogP contribution in [0.15, 0.2) is 54.6 Å². The Kier molecular flexibility index (Phi) is 4.10. The van der Waals surface area contributed by atoms with Crippen molar-refractivity contribution < 1.29 is 19.1 Å². The van der Waals surface area contributed by atoms with E-state index in [-0.39, 0.29) is 0 Å². The van der Waals surface area contributed by atoms with Crippen molar-refractivity contribution in [1.82, 2.24) is 5.48 Å². The molecule has 0 aliphatic rings. The van der Waals surface area contributed by atoms with E-state index in [0.717, 1.165) is 0 Å². The van der Waals surface area contributed by atoms with E-state index in [0.29, 0.717) is 11.3 Å². The fourth-order valence-corrected chi connectivity index (χ4v) is 1.61. The largest absolute Gasteiger partial charge is 0.476 e. The van der Waals surface area contributed by atoms with Gasteiger partial charge in [-0.3, -0.25) is 10.0 Å². The molecule has 1 unspecified atom stereocenters. The standard InChI is InChI=1S/C14H12FNO3/c15-11-6-8-12(9-7-11)19-13(14(17)16-18)10-4-2-1-3-5-10/h1-9,13,18H,(H,16,17). The van der Waals surface area contributed by atoms with Gasteiger partial charge in [0.1, 0.15) is 11.6 Å². The molecule has 2 aromatic rings. The molecule has 0 saturated heterocycles. The number of carbonyl (C=O) groups is 1. The van der Waals surface area contributed by atoms with Crippen molar-refractivity contribution in [3.8, 4) is 5.75 Å². The first kappa shape index (κ1) is 13.0. The molecule has 1 amide bonds. The highest BCUT2D eigenvalue weighted by Crippen LogP contribution is 2.22. The van der Waals surface area contributed by atoms with Crippen LogP contribution in [0.1, 0.15) is 11.7 Å². The summed E-state index contributed by atoms with van der Waals surface area (Å²) < 4.78 is 18.3. The summed E-state index contributed by atoms with van der Waals surface area (Å²) in [5.74, 6) is -0.760. The van der Waals surface area contributed by atoms with E-state index in [2.05, 4.69) is 0 Å². The average Bonchev–Trinajstić information content (AvgIpc) is 2.47. The molecule has 0 aliphatic heterocycles. The number of hydroxylamine groups is 1. The maximum Gasteiger partial charge on any atom is 0.289 e. The molecule has 19 heavy (non-hydrogen) atoms. The minimum atomic E-state index is -1.00. The smallest absolute Gasteiger partial charge is 0.289 e. The number of carbonyl (C=O) groups excluding carboxylic acids is 1. The Bertz CT molecular complexity index is 542. The van der Waals surface area contributed by atoms with Gasteiger partial charge in [-0.2, -0.15) is 0 Å². The van der Waals surface area contributed by atoms with Gasteiger partial charge in [-0.1, -0.05) is 30.3 Å². The summed E-state index contributed by atoms with van der Waals surface area (Å²) in [6.07, 6.45) is -1.00. The van der Waals surface area contributed by atoms with Crippen LogP contribution in [-0.4, -0.2) is 11.1 Å². The van der Waals surface area contributed by atoms with Crippen molar-refractivity contribution in [3.05, 3.63) is 66.0 Å². The number of hydrogen-bond acceptors (Lipinski definition) is 3. The van der Waals surface area contributed by atoms with Gasteiger partial charge >= 0.3 is 0 Å². The monoisotopic (exact) mass is 261 g/mol. The average molecular weight is 261 g/mol. The van der Waals surface area contributed by atoms with Gasteiger partial charge in [0.05, 0.1) is 0 Å². The first-order valence-corrected chi connectivity index (χ1v) is 5.62. The van der Waals surface area contributed by atoms with Crippen LogP contribution in [0.4, 0.5) is 4.39 Å². The molecular weight excluding hydrogens is 249 g/mol. The molecule has 2 N–H and O–H groups in total. The van der Waals surface area contributed by atoms with Gasteiger partial charge in [-0.15, -0.1) is 0 Å². The third-order valence-corrected chi connectivity index (χ3v) is 2.52. The molecule has 4 nitrogen and oxygen atoms in total. The molecule has 0 aliphatic carbocycles. The van der Waals surface area contributed by atoms with Crippen molar-refractivity contribution in [1.29, 1.82) is 0 Å². The molecule has 0 spiro atoms. The highest BCUT2D eigenvalue weighted by molar-refractivity contribution is 5.81. The highest BCUT2D eigenvalue weighted by Gasteiger charge is 2.22. The van der Waals surface area contributed by atoms with Crippen LogP contribution in [0.2, 0.25) is 0 Å². The number of benzene rings is 2. The molecule has 0 saturated carbocycles. The number of hydrogen-bond donors (Lipinski definition) is 2. The van der Waals surface area contributed by atoms with Gasteiger partial charge in [-0.05, 0) is 24.3 Å². The summed E-state index contributed by atoms with van der Waals surface area (Å²) in [6, 6.07) is 14.0. The topological polar surface area (TPSA) is 58.6 Å². The maximum absolute atomic E-state index is 12.8. The molecular formula is C14H12FNO3. The summed E-state index contributed by atoms with van der Waals surface area (Å²) >= 11 is 0. The van der Waals surface area contributed by atoms with E-state index in [1.54, 1.807) is 35.8 Å². The van der Waals surface area contributed by atoms with Gasteiger partial charge < -0.3 is 4.74 Å². The van der Waals surface area contributed by atoms with Crippen molar-refractivity contribution >= 4 is 5.91 Å². The van der Waals surface area contributed by atoms with Crippen LogP contribution in [0.3, 0.4) is 0 Å². The minimum Gasteiger partial charge on any atom is -0.476 e. The van der Waals surface area contributed by atoms with Gasteiger partial charge in [0, 0.05) is 5.56 Å². The van der Waals surface area contributed by atoms with E-state index in [4.69, 9.17) is 9.94 Å². The molecule has 2 aromatic carbocycles. The zero-order chi connectivity index (χ0) is 13.7. The second-order valence-electron chi connectivity index (χ2n) is 3.84. The van der Waals surface area contributed by atoms with E-state index >= 15 is 0 Å². The third-order valence-electron chi connectivity index (χ3n) is 2.52. The first-order chi connectivity index (χ1) is 9.20. The predicted octanol–water partition coefficient (Wildman–Crippen LogP) is 2.45. The van der Waals surface area contributed by atoms with E-state index < -0.39 is 17.8 Å². The zero-order valence-corrected chi connectivity index (χ0v) is 9.92. The molecule has 0 heterocycles. The zero-order valence-electron chi connectivity index (χ0n) is 9.92. The van der Waals surface area contributed by atoms with Crippen LogP contribution in [-0.2, 0) is 4.79 Å². The van der Waals surface area contributed by atoms with Crippen molar-refractivity contribution in [2.24, 2.45) is 0 Å².